The van der Waals surface area contributed by atoms with Crippen LogP contribution in [0.3, 0.4) is 0 Å². The molecule has 0 aromatic carbocycles. The maximum Gasteiger partial charge on any atom is 0.134 e. The number of nitrogens with two attached hydrogens (primary N) is 1. The molecule has 0 bridgehead atoms. The van der Waals surface area contributed by atoms with Crippen molar-refractivity contribution < 1.29 is 4.79 Å². The molecule has 2 N–H and O–H groups in total. The number of carbonyl (C=O) groups is 1. The van der Waals surface area contributed by atoms with Crippen LogP contribution >= 0.6 is 0 Å². The Balaban J connectivity index is 2.36. The van der Waals surface area contributed by atoms with E-state index in [0.717, 1.165) is 19.3 Å². The Kier molecular flexibility index (Phi) is 3.91. The van der Waals surface area contributed by atoms with E-state index in [-0.39, 0.29) is 5.54 Å². The van der Waals surface area contributed by atoms with Crippen LogP contribution < -0.4 is 5.73 Å². The largest absolute Gasteiger partial charge is 0.325 e. The van der Waals surface area contributed by atoms with Crippen LogP contribution in [0.15, 0.2) is 0 Å². The van der Waals surface area contributed by atoms with E-state index in [1.807, 2.05) is 6.92 Å². The van der Waals surface area contributed by atoms with Crippen molar-refractivity contribution in [2.24, 2.45) is 5.73 Å². The van der Waals surface area contributed by atoms with Crippen molar-refractivity contribution in [1.29, 1.82) is 0 Å². The Morgan fingerprint density at radius 1 is 1.31 bits per heavy atom. The number of ketones is 1. The van der Waals surface area contributed by atoms with E-state index >= 15 is 0 Å². The van der Waals surface area contributed by atoms with Gasteiger partial charge in [0.2, 0.25) is 0 Å². The third-order valence-electron chi connectivity index (χ3n) is 2.93. The van der Waals surface area contributed by atoms with E-state index in [4.69, 9.17) is 5.73 Å². The smallest absolute Gasteiger partial charge is 0.134 e. The number of hydrogen-bond donors (Lipinski definition) is 1. The van der Waals surface area contributed by atoms with E-state index in [9.17, 15) is 4.79 Å². The van der Waals surface area contributed by atoms with Gasteiger partial charge < -0.3 is 5.73 Å². The lowest BCUT2D eigenvalue weighted by molar-refractivity contribution is -0.120. The Morgan fingerprint density at radius 3 is 2.46 bits per heavy atom. The molecular weight excluding hydrogens is 162 g/mol. The number of rotatable bonds is 4. The van der Waals surface area contributed by atoms with Gasteiger partial charge in [0.25, 0.3) is 0 Å². The first-order valence-electron chi connectivity index (χ1n) is 5.47. The minimum absolute atomic E-state index is 0.148. The molecule has 76 valence electrons. The van der Waals surface area contributed by atoms with Gasteiger partial charge in [-0.15, -0.1) is 0 Å². The number of hydrogen-bond acceptors (Lipinski definition) is 2. The Labute approximate surface area is 80.9 Å². The van der Waals surface area contributed by atoms with Gasteiger partial charge in [0.1, 0.15) is 5.78 Å². The molecule has 0 saturated heterocycles. The van der Waals surface area contributed by atoms with Crippen molar-refractivity contribution in [2.45, 2.75) is 63.8 Å². The molecule has 2 heteroatoms. The highest BCUT2D eigenvalue weighted by molar-refractivity contribution is 5.79. The van der Waals surface area contributed by atoms with Crippen LogP contribution in [0.1, 0.15) is 58.3 Å². The first kappa shape index (κ1) is 10.7. The van der Waals surface area contributed by atoms with E-state index in [1.165, 1.54) is 19.3 Å². The molecule has 0 amide bonds. The fourth-order valence-corrected chi connectivity index (χ4v) is 2.19. The van der Waals surface area contributed by atoms with Gasteiger partial charge in [0.15, 0.2) is 0 Å². The molecule has 0 aromatic rings. The van der Waals surface area contributed by atoms with E-state index in [1.54, 1.807) is 0 Å². The molecular formula is C11H21NO. The van der Waals surface area contributed by atoms with Gasteiger partial charge in [-0.2, -0.15) is 0 Å². The molecule has 1 aliphatic carbocycles. The SMILES string of the molecule is CCCC(=O)CC1(N)CCCCC1. The topological polar surface area (TPSA) is 43.1 Å². The molecule has 0 spiro atoms. The van der Waals surface area contributed by atoms with Crippen molar-refractivity contribution in [1.82, 2.24) is 0 Å². The van der Waals surface area contributed by atoms with Gasteiger partial charge in [-0.1, -0.05) is 26.2 Å². The molecule has 0 heterocycles. The van der Waals surface area contributed by atoms with Gasteiger partial charge in [0.05, 0.1) is 0 Å². The summed E-state index contributed by atoms with van der Waals surface area (Å²) in [5.41, 5.74) is 6.02. The van der Waals surface area contributed by atoms with E-state index in [0.29, 0.717) is 18.6 Å². The standard InChI is InChI=1S/C11H21NO/c1-2-6-10(13)9-11(12)7-4-3-5-8-11/h2-9,12H2,1H3. The molecule has 0 aromatic heterocycles. The quantitative estimate of drug-likeness (QED) is 0.727. The molecule has 0 atom stereocenters. The van der Waals surface area contributed by atoms with Crippen LogP contribution in [0.25, 0.3) is 0 Å². The molecule has 13 heavy (non-hydrogen) atoms. The molecule has 0 radical (unpaired) electrons. The summed E-state index contributed by atoms with van der Waals surface area (Å²) in [6, 6.07) is 0. The molecule has 1 rings (SSSR count). The zero-order valence-electron chi connectivity index (χ0n) is 8.64. The summed E-state index contributed by atoms with van der Waals surface area (Å²) >= 11 is 0. The lowest BCUT2D eigenvalue weighted by atomic mass is 9.79. The minimum Gasteiger partial charge on any atom is -0.325 e. The second kappa shape index (κ2) is 4.75. The van der Waals surface area contributed by atoms with E-state index < -0.39 is 0 Å². The highest BCUT2D eigenvalue weighted by Gasteiger charge is 2.29. The summed E-state index contributed by atoms with van der Waals surface area (Å²) in [6.07, 6.45) is 8.06. The van der Waals surface area contributed by atoms with Gasteiger partial charge in [-0.05, 0) is 19.3 Å². The zero-order valence-corrected chi connectivity index (χ0v) is 8.64. The predicted molar refractivity (Wildman–Crippen MR) is 54.5 cm³/mol. The van der Waals surface area contributed by atoms with Crippen LogP contribution in [0, 0.1) is 0 Å². The van der Waals surface area contributed by atoms with Crippen LogP contribution in [-0.4, -0.2) is 11.3 Å². The predicted octanol–water partition coefficient (Wildman–Crippen LogP) is 2.41. The highest BCUT2D eigenvalue weighted by atomic mass is 16.1. The lowest BCUT2D eigenvalue weighted by Crippen LogP contribution is -2.43. The van der Waals surface area contributed by atoms with Crippen LogP contribution in [-0.2, 0) is 4.79 Å². The van der Waals surface area contributed by atoms with Crippen LogP contribution in [0.4, 0.5) is 0 Å². The zero-order chi connectivity index (χ0) is 9.73. The van der Waals surface area contributed by atoms with Crippen molar-refractivity contribution in [2.75, 3.05) is 0 Å². The lowest BCUT2D eigenvalue weighted by Gasteiger charge is -2.32. The first-order chi connectivity index (χ1) is 6.16. The van der Waals surface area contributed by atoms with E-state index in [2.05, 4.69) is 0 Å². The Morgan fingerprint density at radius 2 is 1.92 bits per heavy atom. The summed E-state index contributed by atoms with van der Waals surface area (Å²) in [6.45, 7) is 2.04. The number of carbonyl (C=O) groups excluding carboxylic acids is 1. The summed E-state index contributed by atoms with van der Waals surface area (Å²) in [5.74, 6) is 0.354. The summed E-state index contributed by atoms with van der Waals surface area (Å²) in [7, 11) is 0. The third-order valence-corrected chi connectivity index (χ3v) is 2.93. The Hall–Kier alpha value is -0.370. The average Bonchev–Trinajstić information content (AvgIpc) is 2.04. The second-order valence-electron chi connectivity index (χ2n) is 4.39. The van der Waals surface area contributed by atoms with Gasteiger partial charge in [-0.25, -0.2) is 0 Å². The van der Waals surface area contributed by atoms with Gasteiger partial charge in [0, 0.05) is 18.4 Å². The van der Waals surface area contributed by atoms with Crippen molar-refractivity contribution in [3.05, 3.63) is 0 Å². The maximum absolute atomic E-state index is 11.4. The fraction of sp³-hybridized carbons (Fsp3) is 0.909. The van der Waals surface area contributed by atoms with Gasteiger partial charge >= 0.3 is 0 Å². The van der Waals surface area contributed by atoms with Crippen molar-refractivity contribution >= 4 is 5.78 Å². The first-order valence-corrected chi connectivity index (χ1v) is 5.47. The summed E-state index contributed by atoms with van der Waals surface area (Å²) < 4.78 is 0. The molecule has 0 unspecified atom stereocenters. The summed E-state index contributed by atoms with van der Waals surface area (Å²) in [4.78, 5) is 11.4. The van der Waals surface area contributed by atoms with Crippen molar-refractivity contribution in [3.8, 4) is 0 Å². The third kappa shape index (κ3) is 3.47. The monoisotopic (exact) mass is 183 g/mol. The molecule has 0 aliphatic heterocycles. The minimum atomic E-state index is -0.148. The van der Waals surface area contributed by atoms with Crippen LogP contribution in [0.2, 0.25) is 0 Å². The fourth-order valence-electron chi connectivity index (χ4n) is 2.19. The number of Topliss-reactive ketones (excluding diaryl/α,β-unsaturated/α-hetero) is 1. The highest BCUT2D eigenvalue weighted by Crippen LogP contribution is 2.29. The molecule has 1 saturated carbocycles. The average molecular weight is 183 g/mol. The normalized spacial score (nSPS) is 21.4. The molecule has 1 aliphatic rings. The van der Waals surface area contributed by atoms with Crippen molar-refractivity contribution in [3.63, 3.8) is 0 Å². The molecule has 2 nitrogen and oxygen atoms in total. The molecule has 1 fully saturated rings. The van der Waals surface area contributed by atoms with Gasteiger partial charge in [-0.3, -0.25) is 4.79 Å². The van der Waals surface area contributed by atoms with Crippen LogP contribution in [0.5, 0.6) is 0 Å². The Bertz CT molecular complexity index is 171. The maximum atomic E-state index is 11.4. The summed E-state index contributed by atoms with van der Waals surface area (Å²) in [5, 5.41) is 0. The second-order valence-corrected chi connectivity index (χ2v) is 4.39.